The minimum Gasteiger partial charge on any atom is -0.303 e. The van der Waals surface area contributed by atoms with Gasteiger partial charge in [-0.05, 0) is 78.6 Å². The van der Waals surface area contributed by atoms with Crippen LogP contribution in [0.3, 0.4) is 0 Å². The Kier molecular flexibility index (Phi) is 4.48. The minimum absolute atomic E-state index is 0.375. The van der Waals surface area contributed by atoms with Gasteiger partial charge >= 0.3 is 0 Å². The first-order valence-electron chi connectivity index (χ1n) is 7.53. The first-order valence-corrected chi connectivity index (χ1v) is 7.53. The van der Waals surface area contributed by atoms with Gasteiger partial charge in [0.1, 0.15) is 0 Å². The molecule has 17 heavy (non-hydrogen) atoms. The monoisotopic (exact) mass is 238 g/mol. The molecule has 2 rings (SSSR count). The molecule has 2 heteroatoms. The molecule has 0 aromatic carbocycles. The maximum absolute atomic E-state index is 2.68. The summed E-state index contributed by atoms with van der Waals surface area (Å²) in [4.78, 5) is 5.34. The van der Waals surface area contributed by atoms with Gasteiger partial charge in [0.05, 0.1) is 0 Å². The molecule has 2 heterocycles. The second-order valence-corrected chi connectivity index (χ2v) is 6.96. The fraction of sp³-hybridized carbons (Fsp3) is 1.00. The van der Waals surface area contributed by atoms with E-state index in [-0.39, 0.29) is 0 Å². The summed E-state index contributed by atoms with van der Waals surface area (Å²) in [6, 6.07) is 0. The second-order valence-electron chi connectivity index (χ2n) is 6.96. The molecule has 2 nitrogen and oxygen atoms in total. The van der Waals surface area contributed by atoms with Gasteiger partial charge in [-0.2, -0.15) is 0 Å². The molecule has 0 radical (unpaired) electrons. The van der Waals surface area contributed by atoms with Gasteiger partial charge < -0.3 is 4.90 Å². The Bertz CT molecular complexity index is 226. The summed E-state index contributed by atoms with van der Waals surface area (Å²) in [5, 5.41) is 0. The third-order valence-corrected chi connectivity index (χ3v) is 4.54. The van der Waals surface area contributed by atoms with Crippen molar-refractivity contribution >= 4 is 0 Å². The van der Waals surface area contributed by atoms with Crippen molar-refractivity contribution < 1.29 is 0 Å². The molecule has 0 aliphatic carbocycles. The Morgan fingerprint density at radius 2 is 1.71 bits per heavy atom. The molecule has 0 amide bonds. The Labute approximate surface area is 107 Å². The summed E-state index contributed by atoms with van der Waals surface area (Å²) >= 11 is 0. The van der Waals surface area contributed by atoms with Crippen molar-refractivity contribution in [3.05, 3.63) is 0 Å². The highest BCUT2D eigenvalue weighted by atomic mass is 15.2. The summed E-state index contributed by atoms with van der Waals surface area (Å²) in [5.41, 5.74) is 0.375. The van der Waals surface area contributed by atoms with Crippen LogP contribution in [0.15, 0.2) is 0 Å². The predicted octanol–water partition coefficient (Wildman–Crippen LogP) is 2.98. The third kappa shape index (κ3) is 3.96. The van der Waals surface area contributed by atoms with E-state index in [4.69, 9.17) is 0 Å². The van der Waals surface area contributed by atoms with Gasteiger partial charge in [-0.25, -0.2) is 0 Å². The molecule has 0 saturated carbocycles. The summed E-state index contributed by atoms with van der Waals surface area (Å²) in [6.45, 7) is 13.7. The first-order chi connectivity index (χ1) is 8.05. The van der Waals surface area contributed by atoms with Gasteiger partial charge in [-0.15, -0.1) is 0 Å². The van der Waals surface area contributed by atoms with Gasteiger partial charge in [0.2, 0.25) is 0 Å². The molecule has 2 saturated heterocycles. The maximum atomic E-state index is 2.68. The number of hydrogen-bond donors (Lipinski definition) is 0. The predicted molar refractivity (Wildman–Crippen MR) is 74.3 cm³/mol. The summed E-state index contributed by atoms with van der Waals surface area (Å²) in [7, 11) is 0. The number of rotatable bonds is 3. The molecule has 2 fully saturated rings. The zero-order valence-electron chi connectivity index (χ0n) is 12.0. The summed E-state index contributed by atoms with van der Waals surface area (Å²) in [6.07, 6.45) is 7.16. The van der Waals surface area contributed by atoms with Crippen molar-refractivity contribution in [3.63, 3.8) is 0 Å². The van der Waals surface area contributed by atoms with E-state index in [2.05, 4.69) is 30.6 Å². The van der Waals surface area contributed by atoms with Crippen LogP contribution in [0.2, 0.25) is 0 Å². The first kappa shape index (κ1) is 13.4. The van der Waals surface area contributed by atoms with Gasteiger partial charge in [-0.1, -0.05) is 6.42 Å². The van der Waals surface area contributed by atoms with Crippen LogP contribution in [0.25, 0.3) is 0 Å². The second kappa shape index (κ2) is 5.71. The van der Waals surface area contributed by atoms with Crippen molar-refractivity contribution in [2.24, 2.45) is 5.92 Å². The van der Waals surface area contributed by atoms with Crippen LogP contribution >= 0.6 is 0 Å². The molecular weight excluding hydrogens is 208 g/mol. The van der Waals surface area contributed by atoms with Gasteiger partial charge in [0.25, 0.3) is 0 Å². The zero-order valence-corrected chi connectivity index (χ0v) is 12.0. The molecule has 100 valence electrons. The third-order valence-electron chi connectivity index (χ3n) is 4.54. The van der Waals surface area contributed by atoms with Crippen LogP contribution in [-0.4, -0.2) is 48.1 Å². The lowest BCUT2D eigenvalue weighted by Crippen LogP contribution is -2.39. The van der Waals surface area contributed by atoms with E-state index in [1.165, 1.54) is 64.8 Å². The van der Waals surface area contributed by atoms with Crippen molar-refractivity contribution in [3.8, 4) is 0 Å². The molecule has 1 unspecified atom stereocenters. The van der Waals surface area contributed by atoms with Gasteiger partial charge in [0, 0.05) is 12.1 Å². The molecule has 0 spiro atoms. The van der Waals surface area contributed by atoms with E-state index in [1.807, 2.05) is 0 Å². The highest BCUT2D eigenvalue weighted by molar-refractivity contribution is 4.85. The fourth-order valence-corrected chi connectivity index (χ4v) is 3.23. The molecule has 0 aromatic heterocycles. The molecule has 0 bridgehead atoms. The van der Waals surface area contributed by atoms with E-state index in [1.54, 1.807) is 0 Å². The maximum Gasteiger partial charge on any atom is 0.0125 e. The normalized spacial score (nSPS) is 28.8. The van der Waals surface area contributed by atoms with Crippen LogP contribution in [-0.2, 0) is 0 Å². The molecule has 0 aromatic rings. The summed E-state index contributed by atoms with van der Waals surface area (Å²) in [5.74, 6) is 0.955. The van der Waals surface area contributed by atoms with E-state index in [0.29, 0.717) is 5.54 Å². The molecule has 2 aliphatic rings. The summed E-state index contributed by atoms with van der Waals surface area (Å²) < 4.78 is 0. The molecule has 0 N–H and O–H groups in total. The Hall–Kier alpha value is -0.0800. The van der Waals surface area contributed by atoms with E-state index in [0.717, 1.165) is 5.92 Å². The molecule has 2 aliphatic heterocycles. The smallest absolute Gasteiger partial charge is 0.0125 e. The van der Waals surface area contributed by atoms with Crippen molar-refractivity contribution in [2.75, 3.05) is 32.7 Å². The van der Waals surface area contributed by atoms with Crippen molar-refractivity contribution in [1.82, 2.24) is 9.80 Å². The SMILES string of the molecule is CC(C)(C)N1CCC(CCN2CCCCC2)C1. The quantitative estimate of drug-likeness (QED) is 0.746. The Balaban J connectivity index is 1.67. The average molecular weight is 238 g/mol. The Morgan fingerprint density at radius 3 is 2.29 bits per heavy atom. The van der Waals surface area contributed by atoms with Gasteiger partial charge in [0.15, 0.2) is 0 Å². The highest BCUT2D eigenvalue weighted by Gasteiger charge is 2.30. The molecular formula is C15H30N2. The zero-order chi connectivity index (χ0) is 12.3. The van der Waals surface area contributed by atoms with Crippen LogP contribution in [0, 0.1) is 5.92 Å². The number of likely N-dealkylation sites (tertiary alicyclic amines) is 2. The molecule has 1 atom stereocenters. The van der Waals surface area contributed by atoms with Crippen LogP contribution in [0.1, 0.15) is 52.9 Å². The largest absolute Gasteiger partial charge is 0.303 e. The number of hydrogen-bond acceptors (Lipinski definition) is 2. The minimum atomic E-state index is 0.375. The van der Waals surface area contributed by atoms with Crippen molar-refractivity contribution in [2.45, 2.75) is 58.4 Å². The topological polar surface area (TPSA) is 6.48 Å². The van der Waals surface area contributed by atoms with E-state index >= 15 is 0 Å². The van der Waals surface area contributed by atoms with E-state index < -0.39 is 0 Å². The number of piperidine rings is 1. The van der Waals surface area contributed by atoms with E-state index in [9.17, 15) is 0 Å². The lowest BCUT2D eigenvalue weighted by atomic mass is 10.0. The standard InChI is InChI=1S/C15H30N2/c1-15(2,3)17-12-8-14(13-17)7-11-16-9-5-4-6-10-16/h14H,4-13H2,1-3H3. The van der Waals surface area contributed by atoms with Crippen LogP contribution in [0.4, 0.5) is 0 Å². The van der Waals surface area contributed by atoms with Crippen molar-refractivity contribution in [1.29, 1.82) is 0 Å². The lowest BCUT2D eigenvalue weighted by molar-refractivity contribution is 0.162. The number of nitrogens with zero attached hydrogens (tertiary/aromatic N) is 2. The van der Waals surface area contributed by atoms with Crippen LogP contribution in [0.5, 0.6) is 0 Å². The average Bonchev–Trinajstić information content (AvgIpc) is 2.76. The van der Waals surface area contributed by atoms with Crippen LogP contribution < -0.4 is 0 Å². The van der Waals surface area contributed by atoms with Gasteiger partial charge in [-0.3, -0.25) is 4.90 Å². The fourth-order valence-electron chi connectivity index (χ4n) is 3.23. The lowest BCUT2D eigenvalue weighted by Gasteiger charge is -2.32. The Morgan fingerprint density at radius 1 is 1.00 bits per heavy atom. The highest BCUT2D eigenvalue weighted by Crippen LogP contribution is 2.26.